The fraction of sp³-hybridized carbons (Fsp3) is 0.353. The lowest BCUT2D eigenvalue weighted by Gasteiger charge is -2.19. The lowest BCUT2D eigenvalue weighted by Crippen LogP contribution is -2.36. The summed E-state index contributed by atoms with van der Waals surface area (Å²) in [7, 11) is 4.64. The van der Waals surface area contributed by atoms with E-state index in [2.05, 4.69) is 25.9 Å². The van der Waals surface area contributed by atoms with Crippen molar-refractivity contribution in [3.63, 3.8) is 0 Å². The number of rotatable bonds is 12. The minimum Gasteiger partial charge on any atom is -0.493 e. The average Bonchev–Trinajstić information content (AvgIpc) is 3.34. The predicted octanol–water partition coefficient (Wildman–Crippen LogP) is 4.40. The van der Waals surface area contributed by atoms with Crippen LogP contribution in [0.3, 0.4) is 0 Å². The molecular formula is C34H39N5O7S. The number of H-pyrrole nitrogens is 1. The molecule has 5 N–H and O–H groups in total. The van der Waals surface area contributed by atoms with Crippen LogP contribution in [0.5, 0.6) is 17.2 Å². The molecule has 0 spiro atoms. The molecule has 5 rings (SSSR count). The number of anilines is 2. The third-order valence-electron chi connectivity index (χ3n) is 8.12. The molecule has 248 valence electrons. The van der Waals surface area contributed by atoms with Gasteiger partial charge in [-0.05, 0) is 84.4 Å². The summed E-state index contributed by atoms with van der Waals surface area (Å²) in [5.41, 5.74) is 4.78. The van der Waals surface area contributed by atoms with Crippen molar-refractivity contribution < 1.29 is 28.9 Å². The summed E-state index contributed by atoms with van der Waals surface area (Å²) >= 11 is 1.59. The van der Waals surface area contributed by atoms with E-state index in [1.165, 1.54) is 20.1 Å². The Kier molecular flexibility index (Phi) is 10.6. The number of aromatic amines is 1. The Morgan fingerprint density at radius 3 is 2.55 bits per heavy atom. The van der Waals surface area contributed by atoms with Crippen LogP contribution in [0.15, 0.2) is 47.3 Å². The van der Waals surface area contributed by atoms with Crippen molar-refractivity contribution in [2.45, 2.75) is 44.9 Å². The molecule has 3 aromatic carbocycles. The fourth-order valence-electron chi connectivity index (χ4n) is 5.96. The molecule has 0 unspecified atom stereocenters. The summed E-state index contributed by atoms with van der Waals surface area (Å²) < 4.78 is 17.2. The van der Waals surface area contributed by atoms with Crippen LogP contribution >= 0.6 is 11.8 Å². The second-order valence-corrected chi connectivity index (χ2v) is 12.1. The molecule has 1 aliphatic rings. The first-order chi connectivity index (χ1) is 22.7. The number of benzene rings is 2. The predicted molar refractivity (Wildman–Crippen MR) is 184 cm³/mol. The number of carbonyl (C=O) groups excluding carboxylic acids is 2. The maximum Gasteiger partial charge on any atom is 0.246 e. The molecule has 12 nitrogen and oxygen atoms in total. The van der Waals surface area contributed by atoms with Gasteiger partial charge >= 0.3 is 0 Å². The minimum absolute atomic E-state index is 0.221. The Morgan fingerprint density at radius 2 is 1.87 bits per heavy atom. The SMILES string of the molecule is COc1cc2c(c(OC)c1OC)-c1ccc(N[C@@H](CCSC)C(=O)Nc3ccc4nc(CO)[nH]c4c3)c(=O)cc1[C@@H](NC(C)=O)CC2. The number of methoxy groups -OCH3 is 3. The van der Waals surface area contributed by atoms with Gasteiger partial charge in [-0.2, -0.15) is 11.8 Å². The van der Waals surface area contributed by atoms with Crippen molar-refractivity contribution in [3.05, 3.63) is 69.6 Å². The molecule has 0 saturated heterocycles. The van der Waals surface area contributed by atoms with Gasteiger partial charge in [0.1, 0.15) is 18.5 Å². The number of hydrogen-bond acceptors (Lipinski definition) is 10. The van der Waals surface area contributed by atoms with Crippen LogP contribution in [0.25, 0.3) is 22.2 Å². The molecule has 0 radical (unpaired) electrons. The molecule has 0 fully saturated rings. The molecule has 1 aliphatic carbocycles. The monoisotopic (exact) mass is 661 g/mol. The quantitative estimate of drug-likeness (QED) is 0.147. The molecule has 0 saturated carbocycles. The summed E-state index contributed by atoms with van der Waals surface area (Å²) in [4.78, 5) is 47.1. The number of fused-ring (bicyclic) bond motifs is 4. The number of nitrogens with one attached hydrogen (secondary N) is 4. The van der Waals surface area contributed by atoms with Crippen molar-refractivity contribution in [3.8, 4) is 28.4 Å². The summed E-state index contributed by atoms with van der Waals surface area (Å²) in [6.07, 6.45) is 3.52. The van der Waals surface area contributed by atoms with Crippen molar-refractivity contribution in [1.29, 1.82) is 0 Å². The Balaban J connectivity index is 1.56. The molecule has 1 aromatic heterocycles. The number of ether oxygens (including phenoxy) is 3. The van der Waals surface area contributed by atoms with E-state index in [0.717, 1.165) is 11.1 Å². The van der Waals surface area contributed by atoms with Crippen LogP contribution in [-0.2, 0) is 22.6 Å². The zero-order valence-electron chi connectivity index (χ0n) is 27.0. The van der Waals surface area contributed by atoms with E-state index < -0.39 is 12.1 Å². The smallest absolute Gasteiger partial charge is 0.246 e. The summed E-state index contributed by atoms with van der Waals surface area (Å²) in [5, 5.41) is 18.6. The second-order valence-electron chi connectivity index (χ2n) is 11.1. The number of aryl methyl sites for hydroxylation is 1. The number of imidazole rings is 1. The van der Waals surface area contributed by atoms with Crippen LogP contribution in [0.4, 0.5) is 11.4 Å². The molecule has 4 aromatic rings. The van der Waals surface area contributed by atoms with Gasteiger partial charge in [-0.1, -0.05) is 6.07 Å². The van der Waals surface area contributed by atoms with Crippen LogP contribution < -0.4 is 35.6 Å². The Morgan fingerprint density at radius 1 is 1.09 bits per heavy atom. The molecule has 1 heterocycles. The first-order valence-electron chi connectivity index (χ1n) is 15.1. The third-order valence-corrected chi connectivity index (χ3v) is 8.77. The van der Waals surface area contributed by atoms with Crippen LogP contribution in [-0.4, -0.2) is 66.3 Å². The van der Waals surface area contributed by atoms with Gasteiger partial charge in [-0.15, -0.1) is 0 Å². The number of amides is 2. The second kappa shape index (κ2) is 14.8. The minimum atomic E-state index is -0.736. The average molecular weight is 662 g/mol. The van der Waals surface area contributed by atoms with E-state index in [1.807, 2.05) is 18.4 Å². The maximum absolute atomic E-state index is 13.9. The first kappa shape index (κ1) is 33.6. The van der Waals surface area contributed by atoms with Gasteiger partial charge in [0.25, 0.3) is 0 Å². The Labute approximate surface area is 276 Å². The highest BCUT2D eigenvalue weighted by atomic mass is 32.2. The van der Waals surface area contributed by atoms with Crippen LogP contribution in [0.2, 0.25) is 0 Å². The number of carbonyl (C=O) groups is 2. The molecule has 0 bridgehead atoms. The van der Waals surface area contributed by atoms with Crippen LogP contribution in [0.1, 0.15) is 42.8 Å². The Bertz CT molecular complexity index is 1860. The number of aliphatic hydroxyl groups excluding tert-OH is 1. The molecule has 2 atom stereocenters. The van der Waals surface area contributed by atoms with Gasteiger partial charge in [0.2, 0.25) is 23.0 Å². The lowest BCUT2D eigenvalue weighted by atomic mass is 9.95. The van der Waals surface area contributed by atoms with E-state index in [-0.39, 0.29) is 29.5 Å². The zero-order valence-corrected chi connectivity index (χ0v) is 27.8. The fourth-order valence-corrected chi connectivity index (χ4v) is 6.44. The normalized spacial score (nSPS) is 14.3. The van der Waals surface area contributed by atoms with E-state index in [9.17, 15) is 19.5 Å². The van der Waals surface area contributed by atoms with Crippen molar-refractivity contribution in [2.75, 3.05) is 44.0 Å². The van der Waals surface area contributed by atoms with E-state index in [1.54, 1.807) is 50.2 Å². The Hall–Kier alpha value is -4.75. The highest BCUT2D eigenvalue weighted by Crippen LogP contribution is 2.50. The number of hydrogen-bond donors (Lipinski definition) is 5. The van der Waals surface area contributed by atoms with Crippen molar-refractivity contribution in [1.82, 2.24) is 15.3 Å². The van der Waals surface area contributed by atoms with Gasteiger partial charge in [0.05, 0.1) is 44.1 Å². The largest absolute Gasteiger partial charge is 0.493 e. The number of aromatic nitrogens is 2. The van der Waals surface area contributed by atoms with Gasteiger partial charge in [-0.3, -0.25) is 14.4 Å². The van der Waals surface area contributed by atoms with Gasteiger partial charge < -0.3 is 40.3 Å². The maximum atomic E-state index is 13.9. The van der Waals surface area contributed by atoms with E-state index in [0.29, 0.717) is 75.9 Å². The first-order valence-corrected chi connectivity index (χ1v) is 16.5. The standard InChI is InChI=1S/C34H39N5O7S/c1-18(41)35-23-9-6-19-14-29(44-2)32(45-3)33(46-4)31(19)21-8-11-25(28(42)16-22(21)23)37-26(12-13-47-5)34(43)36-20-7-10-24-27(15-20)39-30(17-40)38-24/h7-8,10-11,14-16,23,26,40H,6,9,12-13,17H2,1-5H3,(H,35,41)(H,36,43)(H,37,42)(H,38,39)/t23-,26-/m0/s1. The van der Waals surface area contributed by atoms with E-state index in [4.69, 9.17) is 14.2 Å². The van der Waals surface area contributed by atoms with Crippen molar-refractivity contribution >= 4 is 46.0 Å². The number of nitrogens with zero attached hydrogens (tertiary/aromatic N) is 1. The van der Waals surface area contributed by atoms with Crippen molar-refractivity contribution in [2.24, 2.45) is 0 Å². The molecular weight excluding hydrogens is 622 g/mol. The third kappa shape index (κ3) is 7.15. The number of thioether (sulfide) groups is 1. The molecule has 47 heavy (non-hydrogen) atoms. The zero-order chi connectivity index (χ0) is 33.7. The van der Waals surface area contributed by atoms with Crippen LogP contribution in [0, 0.1) is 0 Å². The molecule has 13 heteroatoms. The number of aliphatic hydroxyl groups is 1. The van der Waals surface area contributed by atoms with E-state index >= 15 is 0 Å². The highest BCUT2D eigenvalue weighted by Gasteiger charge is 2.30. The summed E-state index contributed by atoms with van der Waals surface area (Å²) in [5.74, 6) is 1.95. The topological polar surface area (TPSA) is 164 Å². The highest BCUT2D eigenvalue weighted by molar-refractivity contribution is 7.98. The molecule has 0 aliphatic heterocycles. The molecule has 2 amide bonds. The summed E-state index contributed by atoms with van der Waals surface area (Å²) in [6.45, 7) is 1.22. The van der Waals surface area contributed by atoms with Gasteiger partial charge in [0.15, 0.2) is 11.5 Å². The summed E-state index contributed by atoms with van der Waals surface area (Å²) in [6, 6.07) is 11.0. The van der Waals surface area contributed by atoms with Gasteiger partial charge in [-0.25, -0.2) is 4.98 Å². The lowest BCUT2D eigenvalue weighted by molar-refractivity contribution is -0.120. The van der Waals surface area contributed by atoms with Gasteiger partial charge in [0, 0.05) is 18.2 Å².